The van der Waals surface area contributed by atoms with Crippen LogP contribution in [0.4, 0.5) is 35.6 Å². The maximum Gasteiger partial charge on any atom is 0.425 e. The highest BCUT2D eigenvalue weighted by Crippen LogP contribution is 2.40. The molecule has 0 bridgehead atoms. The average Bonchev–Trinajstić information content (AvgIpc) is 3.20. The summed E-state index contributed by atoms with van der Waals surface area (Å²) in [6, 6.07) is 5.77. The molecule has 3 N–H and O–H groups in total. The molecule has 1 aromatic carbocycles. The molecular weight excluding hydrogens is 536 g/mol. The number of aromatic amines is 1. The van der Waals surface area contributed by atoms with Crippen molar-refractivity contribution in [2.24, 2.45) is 0 Å². The number of ether oxygens (including phenoxy) is 2. The molecule has 41 heavy (non-hydrogen) atoms. The number of carbonyl (C=O) groups excluding carboxylic acids is 3. The van der Waals surface area contributed by atoms with Crippen molar-refractivity contribution in [2.45, 2.75) is 66.1 Å². The van der Waals surface area contributed by atoms with Crippen LogP contribution in [0.3, 0.4) is 0 Å². The van der Waals surface area contributed by atoms with Gasteiger partial charge in [0.2, 0.25) is 0 Å². The maximum absolute atomic E-state index is 16.4. The van der Waals surface area contributed by atoms with Crippen LogP contribution < -0.4 is 15.5 Å². The fraction of sp³-hybridized carbons (Fsp3) is 0.379. The van der Waals surface area contributed by atoms with Gasteiger partial charge in [0.15, 0.2) is 11.6 Å². The fourth-order valence-electron chi connectivity index (χ4n) is 4.23. The number of amides is 3. The molecule has 10 nitrogen and oxygen atoms in total. The van der Waals surface area contributed by atoms with Crippen LogP contribution in [0.15, 0.2) is 30.5 Å². The number of benzene rings is 1. The highest BCUT2D eigenvalue weighted by Gasteiger charge is 2.37. The van der Waals surface area contributed by atoms with Crippen molar-refractivity contribution in [3.8, 4) is 11.3 Å². The summed E-state index contributed by atoms with van der Waals surface area (Å²) in [7, 11) is 0. The minimum atomic E-state index is -1.19. The van der Waals surface area contributed by atoms with Crippen molar-refractivity contribution in [2.75, 3.05) is 16.8 Å². The van der Waals surface area contributed by atoms with Gasteiger partial charge in [-0.1, -0.05) is 6.07 Å². The molecule has 0 spiro atoms. The lowest BCUT2D eigenvalue weighted by molar-refractivity contribution is 0.0426. The minimum Gasteiger partial charge on any atom is -0.443 e. The summed E-state index contributed by atoms with van der Waals surface area (Å²) in [4.78, 5) is 46.7. The molecule has 0 saturated carbocycles. The normalized spacial score (nSPS) is 13.2. The van der Waals surface area contributed by atoms with E-state index in [0.29, 0.717) is 34.8 Å². The first kappa shape index (κ1) is 29.5. The predicted molar refractivity (Wildman–Crippen MR) is 149 cm³/mol. The van der Waals surface area contributed by atoms with Crippen molar-refractivity contribution >= 4 is 35.3 Å². The van der Waals surface area contributed by atoms with Gasteiger partial charge in [-0.25, -0.2) is 23.4 Å². The van der Waals surface area contributed by atoms with Gasteiger partial charge in [-0.2, -0.15) is 4.90 Å². The van der Waals surface area contributed by atoms with Crippen LogP contribution >= 0.6 is 0 Å². The zero-order valence-electron chi connectivity index (χ0n) is 24.0. The summed E-state index contributed by atoms with van der Waals surface area (Å²) >= 11 is 0. The van der Waals surface area contributed by atoms with E-state index in [9.17, 15) is 18.8 Å². The van der Waals surface area contributed by atoms with Crippen molar-refractivity contribution in [3.63, 3.8) is 0 Å². The Morgan fingerprint density at radius 1 is 1.02 bits per heavy atom. The molecule has 3 heterocycles. The molecule has 0 aliphatic carbocycles. The van der Waals surface area contributed by atoms with Gasteiger partial charge in [0.05, 0.1) is 16.9 Å². The topological polar surface area (TPSA) is 126 Å². The highest BCUT2D eigenvalue weighted by molar-refractivity contribution is 6.10. The number of halogens is 2. The monoisotopic (exact) mass is 569 g/mol. The summed E-state index contributed by atoms with van der Waals surface area (Å²) in [6.07, 6.45) is -0.727. The Bertz CT molecular complexity index is 1490. The van der Waals surface area contributed by atoms with Gasteiger partial charge in [-0.15, -0.1) is 0 Å². The number of hydrogen-bond donors (Lipinski definition) is 3. The van der Waals surface area contributed by atoms with E-state index in [-0.39, 0.29) is 22.5 Å². The van der Waals surface area contributed by atoms with Crippen LogP contribution in [0.5, 0.6) is 0 Å². The molecular formula is C29H33F2N5O5. The van der Waals surface area contributed by atoms with Crippen LogP contribution in [-0.2, 0) is 15.9 Å². The van der Waals surface area contributed by atoms with Gasteiger partial charge in [-0.05, 0) is 66.7 Å². The first-order chi connectivity index (χ1) is 19.1. The summed E-state index contributed by atoms with van der Waals surface area (Å²) < 4.78 is 41.5. The second-order valence-corrected chi connectivity index (χ2v) is 11.6. The van der Waals surface area contributed by atoms with Crippen molar-refractivity contribution in [3.05, 3.63) is 58.9 Å². The molecule has 0 fully saturated rings. The van der Waals surface area contributed by atoms with Crippen molar-refractivity contribution in [1.82, 2.24) is 15.3 Å². The molecule has 0 radical (unpaired) electrons. The zero-order valence-corrected chi connectivity index (χ0v) is 24.0. The molecule has 0 unspecified atom stereocenters. The Hall–Kier alpha value is -4.48. The van der Waals surface area contributed by atoms with Crippen LogP contribution in [0.2, 0.25) is 0 Å². The van der Waals surface area contributed by atoms with Gasteiger partial charge in [0.1, 0.15) is 17.0 Å². The molecule has 3 aromatic rings. The molecule has 12 heteroatoms. The van der Waals surface area contributed by atoms with Gasteiger partial charge in [0.25, 0.3) is 5.91 Å². The number of pyridine rings is 1. The predicted octanol–water partition coefficient (Wildman–Crippen LogP) is 6.37. The van der Waals surface area contributed by atoms with Crippen molar-refractivity contribution < 1.29 is 32.6 Å². The lowest BCUT2D eigenvalue weighted by Gasteiger charge is -2.28. The standard InChI is InChI=1S/C29H33F2N5O5/c1-15-17(30)9-8-10-18(15)34-23-20-19(12-14-33-25(20)37)35-22(23)16-11-13-32-24(21(16)31)36(26(38)40-28(2,3)4)27(39)41-29(5,6)7/h8-11,13,34-35H,12,14H2,1-7H3,(H,33,37). The van der Waals surface area contributed by atoms with Crippen LogP contribution in [0, 0.1) is 18.6 Å². The number of aromatic nitrogens is 2. The maximum atomic E-state index is 16.4. The Balaban J connectivity index is 1.89. The first-order valence-electron chi connectivity index (χ1n) is 13.0. The number of H-pyrrole nitrogens is 1. The molecule has 1 aliphatic rings. The minimum absolute atomic E-state index is 0.106. The number of nitrogens with zero attached hydrogens (tertiary/aromatic N) is 2. The van der Waals surface area contributed by atoms with Gasteiger partial charge in [0, 0.05) is 41.7 Å². The molecule has 0 saturated heterocycles. The third-order valence-corrected chi connectivity index (χ3v) is 6.00. The Morgan fingerprint density at radius 2 is 1.66 bits per heavy atom. The van der Waals surface area contributed by atoms with E-state index in [2.05, 4.69) is 20.6 Å². The molecule has 1 aliphatic heterocycles. The first-order valence-corrected chi connectivity index (χ1v) is 13.0. The smallest absolute Gasteiger partial charge is 0.425 e. The highest BCUT2D eigenvalue weighted by atomic mass is 19.1. The number of rotatable bonds is 4. The van der Waals surface area contributed by atoms with Crippen LogP contribution in [0.25, 0.3) is 11.3 Å². The van der Waals surface area contributed by atoms with E-state index in [1.54, 1.807) is 54.5 Å². The van der Waals surface area contributed by atoms with Crippen LogP contribution in [-0.4, -0.2) is 45.8 Å². The lowest BCUT2D eigenvalue weighted by Crippen LogP contribution is -2.44. The Labute approximate surface area is 236 Å². The van der Waals surface area contributed by atoms with Crippen molar-refractivity contribution in [1.29, 1.82) is 0 Å². The van der Waals surface area contributed by atoms with Gasteiger partial charge < -0.3 is 25.1 Å². The van der Waals surface area contributed by atoms with E-state index in [0.717, 1.165) is 0 Å². The number of fused-ring (bicyclic) bond motifs is 1. The number of anilines is 3. The Morgan fingerprint density at radius 3 is 2.27 bits per heavy atom. The van der Waals surface area contributed by atoms with E-state index < -0.39 is 46.7 Å². The van der Waals surface area contributed by atoms with Gasteiger partial charge in [-0.3, -0.25) is 4.79 Å². The molecule has 4 rings (SSSR count). The molecule has 3 amide bonds. The molecule has 218 valence electrons. The quantitative estimate of drug-likeness (QED) is 0.333. The van der Waals surface area contributed by atoms with E-state index in [1.807, 2.05) is 0 Å². The summed E-state index contributed by atoms with van der Waals surface area (Å²) in [5.74, 6) is -2.57. The summed E-state index contributed by atoms with van der Waals surface area (Å²) in [5.41, 5.74) is -0.363. The SMILES string of the molecule is Cc1c(F)cccc1Nc1c(-c2ccnc(N(C(=O)OC(C)(C)C)C(=O)OC(C)(C)C)c2F)[nH]c2c1C(=O)NCC2. The molecule has 0 atom stereocenters. The lowest BCUT2D eigenvalue weighted by atomic mass is 10.0. The third kappa shape index (κ3) is 6.31. The number of carbonyl (C=O) groups is 3. The summed E-state index contributed by atoms with van der Waals surface area (Å²) in [6.45, 7) is 11.5. The second-order valence-electron chi connectivity index (χ2n) is 11.6. The van der Waals surface area contributed by atoms with E-state index >= 15 is 4.39 Å². The largest absolute Gasteiger partial charge is 0.443 e. The van der Waals surface area contributed by atoms with E-state index in [4.69, 9.17) is 9.47 Å². The average molecular weight is 570 g/mol. The molecule has 2 aromatic heterocycles. The Kier molecular flexibility index (Phi) is 7.79. The van der Waals surface area contributed by atoms with Gasteiger partial charge >= 0.3 is 12.2 Å². The second kappa shape index (κ2) is 10.8. The number of nitrogens with one attached hydrogen (secondary N) is 3. The number of imide groups is 1. The fourth-order valence-corrected chi connectivity index (χ4v) is 4.23. The van der Waals surface area contributed by atoms with Crippen LogP contribution in [0.1, 0.15) is 63.2 Å². The van der Waals surface area contributed by atoms with E-state index in [1.165, 1.54) is 24.4 Å². The zero-order chi connectivity index (χ0) is 30.3. The summed E-state index contributed by atoms with van der Waals surface area (Å²) in [5, 5.41) is 5.85. The number of hydrogen-bond acceptors (Lipinski definition) is 7. The third-order valence-electron chi connectivity index (χ3n) is 6.00.